The molecule has 2 aliphatic heterocycles. The zero-order chi connectivity index (χ0) is 15.9. The highest BCUT2D eigenvalue weighted by molar-refractivity contribution is 7.91. The van der Waals surface area contributed by atoms with Crippen LogP contribution in [-0.4, -0.2) is 54.2 Å². The third-order valence-electron chi connectivity index (χ3n) is 4.05. The minimum atomic E-state index is -3.04. The van der Waals surface area contributed by atoms with E-state index in [2.05, 4.69) is 10.3 Å². The number of aryl methyl sites for hydroxylation is 1. The molecule has 120 valence electrons. The SMILES string of the molecule is Cc1ncc(NC(=O)C2CC(=O)N(C3CCS(=O)(=O)C3)C2)s1. The predicted octanol–water partition coefficient (Wildman–Crippen LogP) is 0.426. The van der Waals surface area contributed by atoms with E-state index in [0.29, 0.717) is 18.0 Å². The Balaban J connectivity index is 1.63. The van der Waals surface area contributed by atoms with Gasteiger partial charge in [0.25, 0.3) is 0 Å². The van der Waals surface area contributed by atoms with Crippen molar-refractivity contribution < 1.29 is 18.0 Å². The highest BCUT2D eigenvalue weighted by Gasteiger charge is 2.41. The Morgan fingerprint density at radius 1 is 1.50 bits per heavy atom. The van der Waals surface area contributed by atoms with Crippen LogP contribution in [0, 0.1) is 12.8 Å². The molecule has 0 spiro atoms. The summed E-state index contributed by atoms with van der Waals surface area (Å²) in [4.78, 5) is 29.9. The number of hydrogen-bond acceptors (Lipinski definition) is 6. The lowest BCUT2D eigenvalue weighted by molar-refractivity contribution is -0.129. The van der Waals surface area contributed by atoms with Gasteiger partial charge >= 0.3 is 0 Å². The Bertz CT molecular complexity index is 713. The second-order valence-corrected chi connectivity index (χ2v) is 9.20. The number of rotatable bonds is 3. The van der Waals surface area contributed by atoms with E-state index in [-0.39, 0.29) is 35.8 Å². The molecule has 2 unspecified atom stereocenters. The van der Waals surface area contributed by atoms with Gasteiger partial charge in [0.1, 0.15) is 5.00 Å². The molecule has 2 atom stereocenters. The molecule has 0 saturated carbocycles. The summed E-state index contributed by atoms with van der Waals surface area (Å²) in [5.74, 6) is -0.638. The second kappa shape index (κ2) is 5.62. The van der Waals surface area contributed by atoms with E-state index in [1.165, 1.54) is 11.3 Å². The Kier molecular flexibility index (Phi) is 3.94. The Labute approximate surface area is 132 Å². The highest BCUT2D eigenvalue weighted by Crippen LogP contribution is 2.27. The molecule has 2 saturated heterocycles. The summed E-state index contributed by atoms with van der Waals surface area (Å²) in [7, 11) is -3.04. The fraction of sp³-hybridized carbons (Fsp3) is 0.615. The number of amides is 2. The fourth-order valence-electron chi connectivity index (χ4n) is 2.92. The summed E-state index contributed by atoms with van der Waals surface area (Å²) in [6.45, 7) is 2.14. The van der Waals surface area contributed by atoms with Crippen molar-refractivity contribution in [2.45, 2.75) is 25.8 Å². The molecule has 1 aromatic heterocycles. The van der Waals surface area contributed by atoms with E-state index in [9.17, 15) is 18.0 Å². The first-order chi connectivity index (χ1) is 10.3. The van der Waals surface area contributed by atoms with Crippen molar-refractivity contribution in [1.82, 2.24) is 9.88 Å². The van der Waals surface area contributed by atoms with Gasteiger partial charge in [0, 0.05) is 19.0 Å². The summed E-state index contributed by atoms with van der Waals surface area (Å²) >= 11 is 1.38. The van der Waals surface area contributed by atoms with E-state index in [1.807, 2.05) is 6.92 Å². The van der Waals surface area contributed by atoms with Gasteiger partial charge in [-0.3, -0.25) is 9.59 Å². The lowest BCUT2D eigenvalue weighted by atomic mass is 10.1. The first-order valence-corrected chi connectivity index (χ1v) is 9.71. The number of likely N-dealkylation sites (tertiary alicyclic amines) is 1. The molecule has 3 heterocycles. The van der Waals surface area contributed by atoms with Crippen LogP contribution < -0.4 is 5.32 Å². The molecule has 2 amide bonds. The quantitative estimate of drug-likeness (QED) is 0.858. The topological polar surface area (TPSA) is 96.4 Å². The lowest BCUT2D eigenvalue weighted by Gasteiger charge is -2.22. The van der Waals surface area contributed by atoms with Gasteiger partial charge in [-0.25, -0.2) is 13.4 Å². The van der Waals surface area contributed by atoms with Crippen LogP contribution in [0.25, 0.3) is 0 Å². The molecule has 0 aliphatic carbocycles. The van der Waals surface area contributed by atoms with E-state index in [0.717, 1.165) is 5.01 Å². The molecule has 1 N–H and O–H groups in total. The molecule has 0 aromatic carbocycles. The van der Waals surface area contributed by atoms with Gasteiger partial charge < -0.3 is 10.2 Å². The molecule has 7 nitrogen and oxygen atoms in total. The zero-order valence-corrected chi connectivity index (χ0v) is 13.7. The molecular formula is C13H17N3O4S2. The van der Waals surface area contributed by atoms with E-state index in [1.54, 1.807) is 11.1 Å². The van der Waals surface area contributed by atoms with Crippen molar-refractivity contribution >= 4 is 38.0 Å². The molecular weight excluding hydrogens is 326 g/mol. The average molecular weight is 343 g/mol. The molecule has 22 heavy (non-hydrogen) atoms. The maximum atomic E-state index is 12.2. The molecule has 2 fully saturated rings. The first kappa shape index (κ1) is 15.4. The maximum Gasteiger partial charge on any atom is 0.230 e. The van der Waals surface area contributed by atoms with Gasteiger partial charge in [-0.15, -0.1) is 11.3 Å². The number of carbonyl (C=O) groups is 2. The van der Waals surface area contributed by atoms with Crippen LogP contribution in [0.5, 0.6) is 0 Å². The Morgan fingerprint density at radius 2 is 2.27 bits per heavy atom. The molecule has 3 rings (SSSR count). The molecule has 0 radical (unpaired) electrons. The van der Waals surface area contributed by atoms with Crippen LogP contribution in [0.4, 0.5) is 5.00 Å². The van der Waals surface area contributed by atoms with Gasteiger partial charge in [0.05, 0.1) is 28.6 Å². The number of nitrogens with one attached hydrogen (secondary N) is 1. The van der Waals surface area contributed by atoms with Crippen LogP contribution in [0.3, 0.4) is 0 Å². The maximum absolute atomic E-state index is 12.2. The molecule has 2 aliphatic rings. The number of aromatic nitrogens is 1. The third kappa shape index (κ3) is 3.14. The van der Waals surface area contributed by atoms with Crippen molar-refractivity contribution in [2.24, 2.45) is 5.92 Å². The minimum absolute atomic E-state index is 0.0150. The van der Waals surface area contributed by atoms with Crippen LogP contribution in [0.15, 0.2) is 6.20 Å². The van der Waals surface area contributed by atoms with Crippen LogP contribution in [0.2, 0.25) is 0 Å². The number of hydrogen-bond donors (Lipinski definition) is 1. The highest BCUT2D eigenvalue weighted by atomic mass is 32.2. The minimum Gasteiger partial charge on any atom is -0.338 e. The third-order valence-corrected chi connectivity index (χ3v) is 6.62. The normalized spacial score (nSPS) is 27.3. The smallest absolute Gasteiger partial charge is 0.230 e. The second-order valence-electron chi connectivity index (χ2n) is 5.74. The number of thiazole rings is 1. The van der Waals surface area contributed by atoms with E-state index < -0.39 is 15.8 Å². The van der Waals surface area contributed by atoms with Crippen LogP contribution >= 0.6 is 11.3 Å². The van der Waals surface area contributed by atoms with Crippen molar-refractivity contribution in [3.8, 4) is 0 Å². The van der Waals surface area contributed by atoms with Gasteiger partial charge in [-0.05, 0) is 13.3 Å². The summed E-state index contributed by atoms with van der Waals surface area (Å²) < 4.78 is 23.1. The summed E-state index contributed by atoms with van der Waals surface area (Å²) in [5.41, 5.74) is 0. The van der Waals surface area contributed by atoms with Gasteiger partial charge in [-0.1, -0.05) is 0 Å². The average Bonchev–Trinajstić information content (AvgIpc) is 3.09. The van der Waals surface area contributed by atoms with E-state index >= 15 is 0 Å². The van der Waals surface area contributed by atoms with Crippen molar-refractivity contribution in [1.29, 1.82) is 0 Å². The standard InChI is InChI=1S/C13H17N3O4S2/c1-8-14-5-11(21-8)15-13(18)9-4-12(17)16(6-9)10-2-3-22(19,20)7-10/h5,9-10H,2-4,6-7H2,1H3,(H,15,18). The first-order valence-electron chi connectivity index (χ1n) is 7.07. The monoisotopic (exact) mass is 343 g/mol. The number of carbonyl (C=O) groups excluding carboxylic acids is 2. The largest absolute Gasteiger partial charge is 0.338 e. The molecule has 1 aromatic rings. The number of anilines is 1. The fourth-order valence-corrected chi connectivity index (χ4v) is 5.34. The van der Waals surface area contributed by atoms with Crippen LogP contribution in [0.1, 0.15) is 17.8 Å². The summed E-state index contributed by atoms with van der Waals surface area (Å²) in [6, 6.07) is -0.277. The van der Waals surface area contributed by atoms with Crippen LogP contribution in [-0.2, 0) is 19.4 Å². The summed E-state index contributed by atoms with van der Waals surface area (Å²) in [6.07, 6.45) is 2.20. The molecule has 9 heteroatoms. The number of sulfone groups is 1. The van der Waals surface area contributed by atoms with Gasteiger partial charge in [0.2, 0.25) is 11.8 Å². The lowest BCUT2D eigenvalue weighted by Crippen LogP contribution is -2.38. The van der Waals surface area contributed by atoms with Crippen molar-refractivity contribution in [3.63, 3.8) is 0 Å². The van der Waals surface area contributed by atoms with Gasteiger partial charge in [-0.2, -0.15) is 0 Å². The zero-order valence-electron chi connectivity index (χ0n) is 12.1. The van der Waals surface area contributed by atoms with Gasteiger partial charge in [0.15, 0.2) is 9.84 Å². The predicted molar refractivity (Wildman–Crippen MR) is 82.4 cm³/mol. The Morgan fingerprint density at radius 3 is 2.86 bits per heavy atom. The molecule has 0 bridgehead atoms. The summed E-state index contributed by atoms with van der Waals surface area (Å²) in [5, 5.41) is 4.29. The van der Waals surface area contributed by atoms with Crippen molar-refractivity contribution in [3.05, 3.63) is 11.2 Å². The van der Waals surface area contributed by atoms with E-state index in [4.69, 9.17) is 0 Å². The van der Waals surface area contributed by atoms with Crippen molar-refractivity contribution in [2.75, 3.05) is 23.4 Å². The Hall–Kier alpha value is -1.48. The number of nitrogens with zero attached hydrogens (tertiary/aromatic N) is 2.